The first-order valence-electron chi connectivity index (χ1n) is 7.75. The highest BCUT2D eigenvalue weighted by atomic mass is 17.1. The van der Waals surface area contributed by atoms with Gasteiger partial charge in [-0.1, -0.05) is 18.6 Å². The van der Waals surface area contributed by atoms with Crippen molar-refractivity contribution in [1.82, 2.24) is 14.7 Å². The van der Waals surface area contributed by atoms with Gasteiger partial charge in [-0.25, -0.2) is 5.26 Å². The largest absolute Gasteiger partial charge is 0.338 e. The van der Waals surface area contributed by atoms with E-state index in [1.165, 1.54) is 26.2 Å². The van der Waals surface area contributed by atoms with E-state index < -0.39 is 0 Å². The number of carbonyl (C=O) groups is 1. The third-order valence-electron chi connectivity index (χ3n) is 4.24. The Labute approximate surface area is 129 Å². The minimum atomic E-state index is -0.0863. The molecule has 1 aliphatic rings. The van der Waals surface area contributed by atoms with Crippen molar-refractivity contribution in [3.63, 3.8) is 0 Å². The second-order valence-corrected chi connectivity index (χ2v) is 5.77. The molecule has 1 aromatic heterocycles. The molecule has 118 valence electrons. The molecule has 0 atom stereocenters. The van der Waals surface area contributed by atoms with E-state index in [0.29, 0.717) is 23.5 Å². The van der Waals surface area contributed by atoms with Gasteiger partial charge in [0.15, 0.2) is 11.5 Å². The summed E-state index contributed by atoms with van der Waals surface area (Å²) < 4.78 is 1.77. The maximum Gasteiger partial charge on any atom is 0.190 e. The molecule has 3 rings (SSSR count). The number of likely N-dealkylation sites (tertiary alicyclic amines) is 1. The molecule has 22 heavy (non-hydrogen) atoms. The number of benzene rings is 1. The molecule has 0 bridgehead atoms. The van der Waals surface area contributed by atoms with Crippen molar-refractivity contribution in [3.8, 4) is 5.75 Å². The van der Waals surface area contributed by atoms with Crippen LogP contribution in [0.3, 0.4) is 0 Å². The van der Waals surface area contributed by atoms with Crippen LogP contribution in [0.4, 0.5) is 0 Å². The lowest BCUT2D eigenvalue weighted by atomic mass is 10.1. The average molecular weight is 303 g/mol. The summed E-state index contributed by atoms with van der Waals surface area (Å²) in [6.07, 6.45) is 3.78. The molecule has 1 fully saturated rings. The Hall–Kier alpha value is -1.92. The van der Waals surface area contributed by atoms with E-state index in [0.717, 1.165) is 25.0 Å². The third kappa shape index (κ3) is 2.84. The predicted octanol–water partition coefficient (Wildman–Crippen LogP) is 2.58. The fourth-order valence-electron chi connectivity index (χ4n) is 3.12. The first kappa shape index (κ1) is 15.0. The Morgan fingerprint density at radius 3 is 2.73 bits per heavy atom. The first-order chi connectivity index (χ1) is 10.7. The van der Waals surface area contributed by atoms with Crippen LogP contribution in [-0.4, -0.2) is 45.4 Å². The van der Waals surface area contributed by atoms with Gasteiger partial charge in [0.25, 0.3) is 0 Å². The Morgan fingerprint density at radius 1 is 1.27 bits per heavy atom. The highest BCUT2D eigenvalue weighted by Crippen LogP contribution is 2.28. The average Bonchev–Trinajstić information content (AvgIpc) is 2.93. The zero-order chi connectivity index (χ0) is 15.5. The van der Waals surface area contributed by atoms with Crippen LogP contribution in [0, 0.1) is 0 Å². The van der Waals surface area contributed by atoms with E-state index in [9.17, 15) is 4.79 Å². The summed E-state index contributed by atoms with van der Waals surface area (Å²) in [5.74, 6) is 0.243. The molecule has 1 saturated heterocycles. The molecule has 6 heteroatoms. The van der Waals surface area contributed by atoms with Crippen molar-refractivity contribution < 1.29 is 14.9 Å². The number of aromatic nitrogens is 2. The van der Waals surface area contributed by atoms with Gasteiger partial charge in [-0.05, 0) is 32.0 Å². The number of para-hydroxylation sites is 1. The second kappa shape index (κ2) is 6.46. The molecular weight excluding hydrogens is 282 g/mol. The molecule has 0 spiro atoms. The lowest BCUT2D eigenvalue weighted by Crippen LogP contribution is -2.32. The van der Waals surface area contributed by atoms with Crippen molar-refractivity contribution in [2.24, 2.45) is 0 Å². The van der Waals surface area contributed by atoms with Gasteiger partial charge >= 0.3 is 0 Å². The number of Topliss-reactive ketones (excluding diaryl/α,β-unsaturated/α-hetero) is 1. The van der Waals surface area contributed by atoms with Gasteiger partial charge in [-0.3, -0.25) is 9.48 Å². The van der Waals surface area contributed by atoms with Crippen molar-refractivity contribution in [2.75, 3.05) is 19.6 Å². The Kier molecular flexibility index (Phi) is 4.40. The van der Waals surface area contributed by atoms with E-state index in [1.54, 1.807) is 16.8 Å². The molecular formula is C16H21N3O3. The van der Waals surface area contributed by atoms with Crippen molar-refractivity contribution in [1.29, 1.82) is 0 Å². The number of fused-ring (bicyclic) bond motifs is 1. The monoisotopic (exact) mass is 303 g/mol. The van der Waals surface area contributed by atoms with Crippen molar-refractivity contribution >= 4 is 16.7 Å². The van der Waals surface area contributed by atoms with E-state index in [4.69, 9.17) is 5.26 Å². The van der Waals surface area contributed by atoms with Crippen LogP contribution in [0.25, 0.3) is 10.9 Å². The zero-order valence-electron chi connectivity index (χ0n) is 12.8. The lowest BCUT2D eigenvalue weighted by Gasteiger charge is -2.26. The maximum absolute atomic E-state index is 11.8. The topological polar surface area (TPSA) is 67.6 Å². The number of rotatable bonds is 5. The highest BCUT2D eigenvalue weighted by molar-refractivity contribution is 6.06. The summed E-state index contributed by atoms with van der Waals surface area (Å²) in [6.45, 7) is 5.28. The van der Waals surface area contributed by atoms with Gasteiger partial charge in [0.05, 0.1) is 6.54 Å². The number of carbonyl (C=O) groups excluding carboxylic acids is 1. The van der Waals surface area contributed by atoms with Gasteiger partial charge in [-0.15, -0.1) is 0 Å². The minimum Gasteiger partial charge on any atom is -0.338 e. The highest BCUT2D eigenvalue weighted by Gasteiger charge is 2.18. The van der Waals surface area contributed by atoms with Crippen LogP contribution >= 0.6 is 0 Å². The number of hydrogen-bond acceptors (Lipinski definition) is 5. The van der Waals surface area contributed by atoms with Crippen LogP contribution < -0.4 is 4.89 Å². The molecule has 2 heterocycles. The van der Waals surface area contributed by atoms with Crippen molar-refractivity contribution in [3.05, 3.63) is 23.9 Å². The standard InChI is InChI=1S/C16H21N3O3/c1-12(20)15-13-6-5-7-14(22-21)16(13)19(17-15)11-10-18-8-3-2-4-9-18/h5-7,21H,2-4,8-11H2,1H3. The normalized spacial score (nSPS) is 16.1. The fraction of sp³-hybridized carbons (Fsp3) is 0.500. The summed E-state index contributed by atoms with van der Waals surface area (Å²) in [6, 6.07) is 5.25. The van der Waals surface area contributed by atoms with Gasteiger partial charge in [0, 0.05) is 18.9 Å². The Bertz CT molecular complexity index is 675. The summed E-state index contributed by atoms with van der Waals surface area (Å²) >= 11 is 0. The van der Waals surface area contributed by atoms with Crippen LogP contribution in [0.1, 0.15) is 36.7 Å². The smallest absolute Gasteiger partial charge is 0.190 e. The molecule has 6 nitrogen and oxygen atoms in total. The predicted molar refractivity (Wildman–Crippen MR) is 83.3 cm³/mol. The quantitative estimate of drug-likeness (QED) is 0.522. The molecule has 1 N–H and O–H groups in total. The maximum atomic E-state index is 11.8. The zero-order valence-corrected chi connectivity index (χ0v) is 12.8. The Balaban J connectivity index is 1.92. The van der Waals surface area contributed by atoms with Crippen LogP contribution in [0.2, 0.25) is 0 Å². The molecule has 0 radical (unpaired) electrons. The lowest BCUT2D eigenvalue weighted by molar-refractivity contribution is -0.136. The molecule has 1 aliphatic heterocycles. The van der Waals surface area contributed by atoms with Crippen LogP contribution in [0.5, 0.6) is 5.75 Å². The number of nitrogens with zero attached hydrogens (tertiary/aromatic N) is 3. The number of hydrogen-bond donors (Lipinski definition) is 1. The molecule has 2 aromatic rings. The van der Waals surface area contributed by atoms with Gasteiger partial charge in [0.2, 0.25) is 0 Å². The van der Waals surface area contributed by atoms with Gasteiger partial charge in [0.1, 0.15) is 11.2 Å². The van der Waals surface area contributed by atoms with E-state index in [2.05, 4.69) is 14.9 Å². The third-order valence-corrected chi connectivity index (χ3v) is 4.24. The SMILES string of the molecule is CC(=O)c1nn(CCN2CCCCC2)c2c(OO)cccc12. The summed E-state index contributed by atoms with van der Waals surface area (Å²) in [5.41, 5.74) is 1.10. The van der Waals surface area contributed by atoms with E-state index in [-0.39, 0.29) is 5.78 Å². The van der Waals surface area contributed by atoms with Gasteiger partial charge < -0.3 is 9.79 Å². The number of piperidine rings is 1. The van der Waals surface area contributed by atoms with Crippen molar-refractivity contribution in [2.45, 2.75) is 32.7 Å². The number of ketones is 1. The first-order valence-corrected chi connectivity index (χ1v) is 7.75. The van der Waals surface area contributed by atoms with Gasteiger partial charge in [-0.2, -0.15) is 5.10 Å². The summed E-state index contributed by atoms with van der Waals surface area (Å²) in [4.78, 5) is 18.7. The molecule has 0 aliphatic carbocycles. The van der Waals surface area contributed by atoms with Crippen LogP contribution in [0.15, 0.2) is 18.2 Å². The van der Waals surface area contributed by atoms with Crippen LogP contribution in [-0.2, 0) is 6.54 Å². The van der Waals surface area contributed by atoms with E-state index >= 15 is 0 Å². The Morgan fingerprint density at radius 2 is 2.05 bits per heavy atom. The second-order valence-electron chi connectivity index (χ2n) is 5.77. The summed E-state index contributed by atoms with van der Waals surface area (Å²) in [5, 5.41) is 14.2. The molecule has 0 amide bonds. The molecule has 0 saturated carbocycles. The fourth-order valence-corrected chi connectivity index (χ4v) is 3.12. The molecule has 1 aromatic carbocycles. The summed E-state index contributed by atoms with van der Waals surface area (Å²) in [7, 11) is 0. The minimum absolute atomic E-state index is 0.0863. The van der Waals surface area contributed by atoms with E-state index in [1.807, 2.05) is 6.07 Å². The molecule has 0 unspecified atom stereocenters.